The van der Waals surface area contributed by atoms with Gasteiger partial charge in [0.05, 0.1) is 16.8 Å². The summed E-state index contributed by atoms with van der Waals surface area (Å²) in [6, 6.07) is 7.21. The Hall–Kier alpha value is -2.05. The predicted molar refractivity (Wildman–Crippen MR) is 94.9 cm³/mol. The van der Waals surface area contributed by atoms with Gasteiger partial charge < -0.3 is 19.9 Å². The number of carbonyl (C=O) groups is 1. The summed E-state index contributed by atoms with van der Waals surface area (Å²) >= 11 is 0. The number of nitrogens with one attached hydrogen (secondary N) is 2. The Labute approximate surface area is 148 Å². The van der Waals surface area contributed by atoms with Crippen LogP contribution in [0.3, 0.4) is 0 Å². The lowest BCUT2D eigenvalue weighted by molar-refractivity contribution is 0.0949. The van der Waals surface area contributed by atoms with Crippen LogP contribution in [0.2, 0.25) is 0 Å². The molecule has 24 heavy (non-hydrogen) atoms. The zero-order chi connectivity index (χ0) is 16.7. The molecule has 132 valence electrons. The average molecular weight is 354 g/mol. The number of aromatic nitrogens is 1. The van der Waals surface area contributed by atoms with E-state index in [4.69, 9.17) is 9.26 Å². The normalized spacial score (nSPS) is 10.1. The van der Waals surface area contributed by atoms with E-state index < -0.39 is 0 Å². The van der Waals surface area contributed by atoms with Crippen LogP contribution >= 0.6 is 12.4 Å². The minimum absolute atomic E-state index is 0. The van der Waals surface area contributed by atoms with Crippen LogP contribution in [0.15, 0.2) is 28.8 Å². The smallest absolute Gasteiger partial charge is 0.255 e. The fourth-order valence-corrected chi connectivity index (χ4v) is 2.17. The highest BCUT2D eigenvalue weighted by molar-refractivity contribution is 5.96. The highest BCUT2D eigenvalue weighted by Crippen LogP contribution is 2.21. The lowest BCUT2D eigenvalue weighted by atomic mass is 10.2. The van der Waals surface area contributed by atoms with Gasteiger partial charge in [-0.1, -0.05) is 24.2 Å². The molecule has 1 amide bonds. The summed E-state index contributed by atoms with van der Waals surface area (Å²) in [7, 11) is 0. The first-order valence-electron chi connectivity index (χ1n) is 7.76. The predicted octanol–water partition coefficient (Wildman–Crippen LogP) is 2.63. The average Bonchev–Trinajstić information content (AvgIpc) is 2.88. The van der Waals surface area contributed by atoms with Crippen LogP contribution in [0.1, 0.15) is 34.3 Å². The van der Waals surface area contributed by atoms with Gasteiger partial charge in [0.2, 0.25) is 0 Å². The summed E-state index contributed by atoms with van der Waals surface area (Å²) in [5, 5.41) is 9.94. The first-order chi connectivity index (χ1) is 11.1. The van der Waals surface area contributed by atoms with E-state index in [0.29, 0.717) is 24.5 Å². The van der Waals surface area contributed by atoms with E-state index in [1.165, 1.54) is 0 Å². The molecule has 0 atom stereocenters. The maximum absolute atomic E-state index is 12.3. The van der Waals surface area contributed by atoms with E-state index in [2.05, 4.69) is 15.8 Å². The van der Waals surface area contributed by atoms with Crippen molar-refractivity contribution in [3.8, 4) is 5.75 Å². The van der Waals surface area contributed by atoms with Crippen LogP contribution < -0.4 is 15.4 Å². The number of aryl methyl sites for hydroxylation is 2. The molecule has 1 aromatic heterocycles. The number of carbonyl (C=O) groups excluding carboxylic acids is 1. The third-order valence-electron chi connectivity index (χ3n) is 3.52. The first kappa shape index (κ1) is 20.0. The summed E-state index contributed by atoms with van der Waals surface area (Å²) in [6.07, 6.45) is 0. The molecule has 1 aromatic carbocycles. The number of rotatable bonds is 8. The lowest BCUT2D eigenvalue weighted by Crippen LogP contribution is -2.31. The Morgan fingerprint density at radius 1 is 1.25 bits per heavy atom. The van der Waals surface area contributed by atoms with Crippen molar-refractivity contribution in [2.75, 3.05) is 19.6 Å². The standard InChI is InChI=1S/C17H23N3O3.ClH/c1-4-18-9-10-19-17(21)14-7-5-6-8-16(14)22-11-15-12(2)20-23-13(15)3;/h5-8,18H,4,9-11H2,1-3H3,(H,19,21);1H. The molecule has 0 radical (unpaired) electrons. The van der Waals surface area contributed by atoms with E-state index >= 15 is 0 Å². The van der Waals surface area contributed by atoms with Crippen molar-refractivity contribution in [2.45, 2.75) is 27.4 Å². The molecule has 0 fully saturated rings. The van der Waals surface area contributed by atoms with Crippen molar-refractivity contribution < 1.29 is 14.1 Å². The van der Waals surface area contributed by atoms with Crippen molar-refractivity contribution in [3.05, 3.63) is 46.8 Å². The molecule has 0 unspecified atom stereocenters. The SMILES string of the molecule is CCNCCNC(=O)c1ccccc1OCc1c(C)noc1C.Cl. The van der Waals surface area contributed by atoms with Crippen LogP contribution in [0.5, 0.6) is 5.75 Å². The topological polar surface area (TPSA) is 76.4 Å². The zero-order valence-corrected chi connectivity index (χ0v) is 15.0. The van der Waals surface area contributed by atoms with Crippen LogP contribution in [0, 0.1) is 13.8 Å². The van der Waals surface area contributed by atoms with Gasteiger partial charge in [0.25, 0.3) is 5.91 Å². The van der Waals surface area contributed by atoms with Crippen molar-refractivity contribution in [3.63, 3.8) is 0 Å². The molecule has 0 aliphatic rings. The van der Waals surface area contributed by atoms with E-state index in [1.807, 2.05) is 32.9 Å². The Morgan fingerprint density at radius 3 is 2.67 bits per heavy atom. The fourth-order valence-electron chi connectivity index (χ4n) is 2.17. The number of nitrogens with zero attached hydrogens (tertiary/aromatic N) is 1. The summed E-state index contributed by atoms with van der Waals surface area (Å²) in [4.78, 5) is 12.3. The number of amides is 1. The Kier molecular flexibility index (Phi) is 8.29. The van der Waals surface area contributed by atoms with Crippen molar-refractivity contribution in [1.82, 2.24) is 15.8 Å². The summed E-state index contributed by atoms with van der Waals surface area (Å²) in [5.74, 6) is 1.14. The molecule has 0 saturated carbocycles. The van der Waals surface area contributed by atoms with Gasteiger partial charge in [0, 0.05) is 13.1 Å². The molecule has 2 aromatic rings. The first-order valence-corrected chi connectivity index (χ1v) is 7.76. The molecule has 2 N–H and O–H groups in total. The van der Waals surface area contributed by atoms with Gasteiger partial charge in [-0.15, -0.1) is 12.4 Å². The van der Waals surface area contributed by atoms with Crippen LogP contribution in [-0.4, -0.2) is 30.7 Å². The van der Waals surface area contributed by atoms with Gasteiger partial charge in [-0.25, -0.2) is 0 Å². The highest BCUT2D eigenvalue weighted by Gasteiger charge is 2.14. The Bertz CT molecular complexity index is 639. The van der Waals surface area contributed by atoms with Crippen molar-refractivity contribution in [2.24, 2.45) is 0 Å². The number of ether oxygens (including phenoxy) is 1. The van der Waals surface area contributed by atoms with Gasteiger partial charge in [0.1, 0.15) is 18.1 Å². The number of halogens is 1. The van der Waals surface area contributed by atoms with Gasteiger partial charge in [-0.05, 0) is 32.5 Å². The second-order valence-corrected chi connectivity index (χ2v) is 5.20. The second kappa shape index (κ2) is 9.95. The molecule has 0 saturated heterocycles. The van der Waals surface area contributed by atoms with Gasteiger partial charge in [-0.2, -0.15) is 0 Å². The van der Waals surface area contributed by atoms with Gasteiger partial charge >= 0.3 is 0 Å². The van der Waals surface area contributed by atoms with Gasteiger partial charge in [-0.3, -0.25) is 4.79 Å². The molecule has 2 rings (SSSR count). The minimum Gasteiger partial charge on any atom is -0.488 e. The number of likely N-dealkylation sites (N-methyl/N-ethyl adjacent to an activating group) is 1. The van der Waals surface area contributed by atoms with E-state index in [0.717, 1.165) is 30.1 Å². The molecule has 7 heteroatoms. The van der Waals surface area contributed by atoms with Gasteiger partial charge in [0.15, 0.2) is 0 Å². The number of benzene rings is 1. The van der Waals surface area contributed by atoms with Crippen LogP contribution in [0.25, 0.3) is 0 Å². The maximum atomic E-state index is 12.3. The van der Waals surface area contributed by atoms with Crippen molar-refractivity contribution >= 4 is 18.3 Å². The number of hydrogen-bond acceptors (Lipinski definition) is 5. The molecule has 0 bridgehead atoms. The summed E-state index contributed by atoms with van der Waals surface area (Å²) < 4.78 is 10.9. The molecule has 0 spiro atoms. The molecule has 0 aliphatic heterocycles. The van der Waals surface area contributed by atoms with E-state index in [9.17, 15) is 4.79 Å². The molecule has 0 aliphatic carbocycles. The molecule has 6 nitrogen and oxygen atoms in total. The molecule has 1 heterocycles. The largest absolute Gasteiger partial charge is 0.488 e. The third-order valence-corrected chi connectivity index (χ3v) is 3.52. The lowest BCUT2D eigenvalue weighted by Gasteiger charge is -2.11. The fraction of sp³-hybridized carbons (Fsp3) is 0.412. The van der Waals surface area contributed by atoms with E-state index in [-0.39, 0.29) is 18.3 Å². The zero-order valence-electron chi connectivity index (χ0n) is 14.2. The highest BCUT2D eigenvalue weighted by atomic mass is 35.5. The Morgan fingerprint density at radius 2 is 2.00 bits per heavy atom. The summed E-state index contributed by atoms with van der Waals surface area (Å²) in [6.45, 7) is 8.26. The van der Waals surface area contributed by atoms with Crippen LogP contribution in [-0.2, 0) is 6.61 Å². The monoisotopic (exact) mass is 353 g/mol. The third kappa shape index (κ3) is 5.25. The summed E-state index contributed by atoms with van der Waals surface area (Å²) in [5.41, 5.74) is 2.23. The second-order valence-electron chi connectivity index (χ2n) is 5.20. The molecular formula is C17H24ClN3O3. The van der Waals surface area contributed by atoms with Crippen LogP contribution in [0.4, 0.5) is 0 Å². The molecular weight excluding hydrogens is 330 g/mol. The Balaban J connectivity index is 0.00000288. The number of para-hydroxylation sites is 1. The van der Waals surface area contributed by atoms with Crippen molar-refractivity contribution in [1.29, 1.82) is 0 Å². The minimum atomic E-state index is -0.141. The van der Waals surface area contributed by atoms with E-state index in [1.54, 1.807) is 12.1 Å². The maximum Gasteiger partial charge on any atom is 0.255 e. The quantitative estimate of drug-likeness (QED) is 0.713. The number of hydrogen-bond donors (Lipinski definition) is 2.